The van der Waals surface area contributed by atoms with Gasteiger partial charge in [-0.25, -0.2) is 9.97 Å². The molecule has 0 radical (unpaired) electrons. The molecule has 0 aromatic carbocycles. The Labute approximate surface area is 159 Å². The number of aryl methyl sites for hydroxylation is 2. The molecule has 0 aliphatic carbocycles. The molecular formula is C19H25N7O. The van der Waals surface area contributed by atoms with Gasteiger partial charge in [-0.1, -0.05) is 12.1 Å². The fourth-order valence-corrected chi connectivity index (χ4v) is 2.75. The Kier molecular flexibility index (Phi) is 5.75. The van der Waals surface area contributed by atoms with Gasteiger partial charge in [0.25, 0.3) is 0 Å². The van der Waals surface area contributed by atoms with E-state index in [9.17, 15) is 0 Å². The molecule has 3 aromatic heterocycles. The number of hydrogen-bond donors (Lipinski definition) is 1. The third-order valence-corrected chi connectivity index (χ3v) is 4.24. The summed E-state index contributed by atoms with van der Waals surface area (Å²) < 4.78 is 5.61. The monoisotopic (exact) mass is 367 g/mol. The van der Waals surface area contributed by atoms with Crippen LogP contribution in [0.2, 0.25) is 0 Å². The summed E-state index contributed by atoms with van der Waals surface area (Å²) in [5.41, 5.74) is 4.89. The van der Waals surface area contributed by atoms with Crippen LogP contribution in [0.4, 0.5) is 5.95 Å². The molecule has 142 valence electrons. The number of likely N-dealkylation sites (N-methyl/N-ethyl adjacent to an activating group) is 1. The predicted molar refractivity (Wildman–Crippen MR) is 104 cm³/mol. The Hall–Kier alpha value is -2.87. The van der Waals surface area contributed by atoms with Gasteiger partial charge in [0.15, 0.2) is 5.76 Å². The molecule has 8 nitrogen and oxygen atoms in total. The van der Waals surface area contributed by atoms with Gasteiger partial charge in [-0.2, -0.15) is 0 Å². The van der Waals surface area contributed by atoms with Crippen molar-refractivity contribution in [3.63, 3.8) is 0 Å². The molecule has 0 saturated heterocycles. The van der Waals surface area contributed by atoms with Gasteiger partial charge in [0.2, 0.25) is 5.95 Å². The zero-order valence-electron chi connectivity index (χ0n) is 16.4. The van der Waals surface area contributed by atoms with Gasteiger partial charge in [0.1, 0.15) is 11.4 Å². The second kappa shape index (κ2) is 8.22. The van der Waals surface area contributed by atoms with Crippen LogP contribution in [0.1, 0.15) is 23.9 Å². The molecule has 1 N–H and O–H groups in total. The van der Waals surface area contributed by atoms with Gasteiger partial charge in [-0.05, 0) is 34.4 Å². The first kappa shape index (κ1) is 18.9. The SMILES string of the molecule is CCc1c(C)noc1-c1cnc(NCCN(C)C)nc1-c1cnc(C)cn1. The molecule has 27 heavy (non-hydrogen) atoms. The molecular weight excluding hydrogens is 342 g/mol. The minimum atomic E-state index is 0.548. The van der Waals surface area contributed by atoms with Crippen molar-refractivity contribution in [2.24, 2.45) is 0 Å². The zero-order chi connectivity index (χ0) is 19.4. The highest BCUT2D eigenvalue weighted by Crippen LogP contribution is 2.33. The molecule has 0 atom stereocenters. The molecule has 3 heterocycles. The van der Waals surface area contributed by atoms with E-state index in [1.807, 2.05) is 27.9 Å². The van der Waals surface area contributed by atoms with Crippen molar-refractivity contribution in [2.75, 3.05) is 32.5 Å². The van der Waals surface area contributed by atoms with Crippen molar-refractivity contribution in [1.29, 1.82) is 0 Å². The van der Waals surface area contributed by atoms with Crippen LogP contribution >= 0.6 is 0 Å². The van der Waals surface area contributed by atoms with Gasteiger partial charge in [-0.15, -0.1) is 0 Å². The van der Waals surface area contributed by atoms with Crippen LogP contribution in [0.25, 0.3) is 22.7 Å². The number of nitrogens with zero attached hydrogens (tertiary/aromatic N) is 6. The van der Waals surface area contributed by atoms with Crippen LogP contribution in [-0.2, 0) is 6.42 Å². The smallest absolute Gasteiger partial charge is 0.223 e. The molecule has 0 aliphatic heterocycles. The summed E-state index contributed by atoms with van der Waals surface area (Å²) in [7, 11) is 4.05. The van der Waals surface area contributed by atoms with E-state index < -0.39 is 0 Å². The van der Waals surface area contributed by atoms with Crippen LogP contribution in [-0.4, -0.2) is 57.2 Å². The summed E-state index contributed by atoms with van der Waals surface area (Å²) in [6.07, 6.45) is 6.03. The average molecular weight is 367 g/mol. The van der Waals surface area contributed by atoms with Crippen molar-refractivity contribution < 1.29 is 4.52 Å². The first-order valence-electron chi connectivity index (χ1n) is 8.99. The van der Waals surface area contributed by atoms with E-state index in [-0.39, 0.29) is 0 Å². The number of rotatable bonds is 7. The molecule has 0 bridgehead atoms. The summed E-state index contributed by atoms with van der Waals surface area (Å²) in [5.74, 6) is 1.24. The summed E-state index contributed by atoms with van der Waals surface area (Å²) in [5, 5.41) is 7.37. The first-order valence-corrected chi connectivity index (χ1v) is 8.99. The lowest BCUT2D eigenvalue weighted by Crippen LogP contribution is -2.21. The molecule has 8 heteroatoms. The van der Waals surface area contributed by atoms with E-state index in [0.717, 1.165) is 42.0 Å². The van der Waals surface area contributed by atoms with Gasteiger partial charge >= 0.3 is 0 Å². The molecule has 0 spiro atoms. The van der Waals surface area contributed by atoms with Gasteiger partial charge in [0.05, 0.1) is 23.1 Å². The maximum absolute atomic E-state index is 5.61. The lowest BCUT2D eigenvalue weighted by Gasteiger charge is -2.12. The van der Waals surface area contributed by atoms with E-state index >= 15 is 0 Å². The van der Waals surface area contributed by atoms with E-state index in [1.54, 1.807) is 18.6 Å². The highest BCUT2D eigenvalue weighted by molar-refractivity contribution is 5.78. The van der Waals surface area contributed by atoms with Gasteiger partial charge in [0, 0.05) is 31.0 Å². The van der Waals surface area contributed by atoms with Crippen molar-refractivity contribution in [3.8, 4) is 22.7 Å². The summed E-state index contributed by atoms with van der Waals surface area (Å²) in [4.78, 5) is 20.1. The molecule has 3 aromatic rings. The Bertz CT molecular complexity index is 903. The molecule has 0 unspecified atom stereocenters. The van der Waals surface area contributed by atoms with Crippen molar-refractivity contribution >= 4 is 5.95 Å². The molecule has 0 amide bonds. The van der Waals surface area contributed by atoms with E-state index in [0.29, 0.717) is 23.1 Å². The lowest BCUT2D eigenvalue weighted by atomic mass is 10.0. The Balaban J connectivity index is 2.05. The van der Waals surface area contributed by atoms with Crippen LogP contribution in [0, 0.1) is 13.8 Å². The predicted octanol–water partition coefficient (Wildman–Crippen LogP) is 2.74. The Morgan fingerprint density at radius 2 is 1.89 bits per heavy atom. The summed E-state index contributed by atoms with van der Waals surface area (Å²) >= 11 is 0. The first-order chi connectivity index (χ1) is 13.0. The fraction of sp³-hybridized carbons (Fsp3) is 0.421. The topological polar surface area (TPSA) is 92.9 Å². The Morgan fingerprint density at radius 1 is 1.07 bits per heavy atom. The maximum atomic E-state index is 5.61. The number of hydrogen-bond acceptors (Lipinski definition) is 8. The standard InChI is InChI=1S/C19H25N7O/c1-6-14-13(3)25-27-18(14)15-10-23-19(20-7-8-26(4)5)24-17(15)16-11-21-12(2)9-22-16/h9-11H,6-8H2,1-5H3,(H,20,23,24). The number of anilines is 1. The van der Waals surface area contributed by atoms with Crippen molar-refractivity contribution in [2.45, 2.75) is 27.2 Å². The maximum Gasteiger partial charge on any atom is 0.223 e. The second-order valence-electron chi connectivity index (χ2n) is 6.66. The third kappa shape index (κ3) is 4.28. The van der Waals surface area contributed by atoms with Crippen LogP contribution in [0.5, 0.6) is 0 Å². The minimum absolute atomic E-state index is 0.548. The number of nitrogens with one attached hydrogen (secondary N) is 1. The van der Waals surface area contributed by atoms with E-state index in [4.69, 9.17) is 9.51 Å². The van der Waals surface area contributed by atoms with E-state index in [1.165, 1.54) is 0 Å². The summed E-state index contributed by atoms with van der Waals surface area (Å²) in [6, 6.07) is 0. The molecule has 0 aliphatic rings. The minimum Gasteiger partial charge on any atom is -0.356 e. The largest absolute Gasteiger partial charge is 0.356 e. The lowest BCUT2D eigenvalue weighted by molar-refractivity contribution is 0.424. The summed E-state index contributed by atoms with van der Waals surface area (Å²) in [6.45, 7) is 7.54. The molecule has 0 saturated carbocycles. The fourth-order valence-electron chi connectivity index (χ4n) is 2.75. The second-order valence-corrected chi connectivity index (χ2v) is 6.66. The van der Waals surface area contributed by atoms with Crippen LogP contribution < -0.4 is 5.32 Å². The third-order valence-electron chi connectivity index (χ3n) is 4.24. The van der Waals surface area contributed by atoms with E-state index in [2.05, 4.69) is 37.2 Å². The molecule has 3 rings (SSSR count). The highest BCUT2D eigenvalue weighted by atomic mass is 16.5. The quantitative estimate of drug-likeness (QED) is 0.681. The average Bonchev–Trinajstić information content (AvgIpc) is 3.02. The van der Waals surface area contributed by atoms with Gasteiger partial charge in [-0.3, -0.25) is 9.97 Å². The molecule has 0 fully saturated rings. The van der Waals surface area contributed by atoms with Crippen molar-refractivity contribution in [1.82, 2.24) is 30.0 Å². The Morgan fingerprint density at radius 3 is 2.56 bits per heavy atom. The van der Waals surface area contributed by atoms with Crippen LogP contribution in [0.3, 0.4) is 0 Å². The normalized spacial score (nSPS) is 11.2. The van der Waals surface area contributed by atoms with Crippen molar-refractivity contribution in [3.05, 3.63) is 35.5 Å². The number of aromatic nitrogens is 5. The highest BCUT2D eigenvalue weighted by Gasteiger charge is 2.20. The van der Waals surface area contributed by atoms with Crippen LogP contribution in [0.15, 0.2) is 23.1 Å². The zero-order valence-corrected chi connectivity index (χ0v) is 16.4. The van der Waals surface area contributed by atoms with Gasteiger partial charge < -0.3 is 14.7 Å².